The summed E-state index contributed by atoms with van der Waals surface area (Å²) in [5.41, 5.74) is 5.76. The Balaban J connectivity index is 3.91. The molecule has 0 fully saturated rings. The third-order valence-electron chi connectivity index (χ3n) is 1.21. The van der Waals surface area contributed by atoms with Gasteiger partial charge >= 0.3 is 0 Å². The first kappa shape index (κ1) is 7.13. The quantitative estimate of drug-likeness (QED) is 0.456. The molecular weight excluding hydrogens is 104 g/mol. The smallest absolute Gasteiger partial charge is 0.00824 e. The van der Waals surface area contributed by atoms with Gasteiger partial charge in [0.25, 0.3) is 0 Å². The zero-order valence-corrected chi connectivity index (χ0v) is 6.38. The normalized spacial score (nSPS) is 12.6. The standard InChI is InChI=1S/C6H14S/c1-6(2)7(3,4)5/h3,6H,1-2,4-5H3. The van der Waals surface area contributed by atoms with Crippen molar-refractivity contribution in [3.05, 3.63) is 0 Å². The second kappa shape index (κ2) is 1.94. The monoisotopic (exact) mass is 118 g/mol. The second-order valence-corrected chi connectivity index (χ2v) is 6.45. The largest absolute Gasteiger partial charge is 0.195 e. The van der Waals surface area contributed by atoms with Crippen LogP contribution >= 0.6 is 9.44 Å². The molecule has 0 aliphatic carbocycles. The Labute approximate surface area is 47.5 Å². The molecule has 0 N–H and O–H groups in total. The maximum absolute atomic E-state index is 5.76. The van der Waals surface area contributed by atoms with E-state index in [9.17, 15) is 0 Å². The van der Waals surface area contributed by atoms with Gasteiger partial charge in [0.05, 0.1) is 0 Å². The SMILES string of the molecule is C#S(C)(C)C(C)C. The van der Waals surface area contributed by atoms with Gasteiger partial charge in [-0.15, -0.1) is 5.69 Å². The van der Waals surface area contributed by atoms with Crippen LogP contribution in [0.25, 0.3) is 0 Å². The van der Waals surface area contributed by atoms with Crippen LogP contribution in [0.2, 0.25) is 0 Å². The molecule has 1 heteroatoms. The highest BCUT2D eigenvalue weighted by Gasteiger charge is 1.97. The summed E-state index contributed by atoms with van der Waals surface area (Å²) in [4.78, 5) is 0. The van der Waals surface area contributed by atoms with Crippen LogP contribution in [0.3, 0.4) is 0 Å². The fraction of sp³-hybridized carbons (Fsp3) is 0.833. The van der Waals surface area contributed by atoms with Gasteiger partial charge in [-0.3, -0.25) is 0 Å². The van der Waals surface area contributed by atoms with Crippen LogP contribution in [-0.2, 0) is 0 Å². The summed E-state index contributed by atoms with van der Waals surface area (Å²) in [6.45, 7) is 4.32. The lowest BCUT2D eigenvalue weighted by Gasteiger charge is -2.15. The molecule has 0 saturated carbocycles. The van der Waals surface area contributed by atoms with Gasteiger partial charge in [-0.05, 0) is 17.8 Å². The first-order chi connectivity index (χ1) is 2.94. The Hall–Kier alpha value is 0.130. The predicted octanol–water partition coefficient (Wildman–Crippen LogP) is 2.05. The molecule has 0 saturated heterocycles. The van der Waals surface area contributed by atoms with E-state index in [0.29, 0.717) is 5.25 Å². The maximum atomic E-state index is 5.76. The molecule has 0 rings (SSSR count). The zero-order chi connectivity index (χ0) is 6.08. The Kier molecular flexibility index (Phi) is 1.97. The fourth-order valence-electron chi connectivity index (χ4n) is 0. The number of hydrogen-bond donors (Lipinski definition) is 0. The average molecular weight is 118 g/mol. The van der Waals surface area contributed by atoms with Crippen molar-refractivity contribution in [3.63, 3.8) is 0 Å². The first-order valence-electron chi connectivity index (χ1n) is 2.44. The van der Waals surface area contributed by atoms with E-state index in [1.165, 1.54) is 0 Å². The molecule has 0 bridgehead atoms. The van der Waals surface area contributed by atoms with Gasteiger partial charge in [0, 0.05) is 0 Å². The van der Waals surface area contributed by atoms with Crippen LogP contribution in [0.5, 0.6) is 0 Å². The molecule has 0 aromatic heterocycles. The van der Waals surface area contributed by atoms with Gasteiger partial charge in [0.1, 0.15) is 0 Å². The minimum absolute atomic E-state index is 0.660. The highest BCUT2D eigenvalue weighted by molar-refractivity contribution is 8.23. The highest BCUT2D eigenvalue weighted by atomic mass is 32.2. The molecule has 0 nitrogen and oxygen atoms in total. The van der Waals surface area contributed by atoms with Crippen LogP contribution in [0.15, 0.2) is 0 Å². The van der Waals surface area contributed by atoms with E-state index in [-0.39, 0.29) is 0 Å². The fourth-order valence-corrected chi connectivity index (χ4v) is 0. The minimum atomic E-state index is -0.741. The lowest BCUT2D eigenvalue weighted by atomic mass is 10.6. The van der Waals surface area contributed by atoms with Crippen molar-refractivity contribution < 1.29 is 0 Å². The van der Waals surface area contributed by atoms with Crippen molar-refractivity contribution in [2.45, 2.75) is 19.1 Å². The molecule has 0 aromatic carbocycles. The van der Waals surface area contributed by atoms with Gasteiger partial charge < -0.3 is 0 Å². The lowest BCUT2D eigenvalue weighted by molar-refractivity contribution is 1.11. The number of rotatable bonds is 0. The van der Waals surface area contributed by atoms with Crippen molar-refractivity contribution in [1.82, 2.24) is 0 Å². The Morgan fingerprint density at radius 1 is 1.29 bits per heavy atom. The van der Waals surface area contributed by atoms with Crippen molar-refractivity contribution in [3.8, 4) is 5.69 Å². The van der Waals surface area contributed by atoms with Crippen molar-refractivity contribution in [1.29, 1.82) is 0 Å². The van der Waals surface area contributed by atoms with Crippen LogP contribution in [-0.4, -0.2) is 17.8 Å². The summed E-state index contributed by atoms with van der Waals surface area (Å²) in [6, 6.07) is 0. The summed E-state index contributed by atoms with van der Waals surface area (Å²) in [5, 5.41) is 0.660. The van der Waals surface area contributed by atoms with Gasteiger partial charge in [-0.2, -0.15) is 9.44 Å². The molecule has 0 radical (unpaired) electrons. The van der Waals surface area contributed by atoms with Crippen molar-refractivity contribution in [2.75, 3.05) is 12.5 Å². The van der Waals surface area contributed by atoms with Crippen LogP contribution < -0.4 is 0 Å². The minimum Gasteiger partial charge on any atom is -0.195 e. The molecule has 44 valence electrons. The van der Waals surface area contributed by atoms with E-state index >= 15 is 0 Å². The van der Waals surface area contributed by atoms with Gasteiger partial charge in [0.15, 0.2) is 0 Å². The van der Waals surface area contributed by atoms with Crippen LogP contribution in [0, 0.1) is 5.69 Å². The van der Waals surface area contributed by atoms with E-state index in [2.05, 4.69) is 26.4 Å². The highest BCUT2D eigenvalue weighted by Crippen LogP contribution is 2.27. The summed E-state index contributed by atoms with van der Waals surface area (Å²) in [6.07, 6.45) is 4.25. The van der Waals surface area contributed by atoms with E-state index in [0.717, 1.165) is 0 Å². The Morgan fingerprint density at radius 2 is 1.43 bits per heavy atom. The van der Waals surface area contributed by atoms with E-state index in [1.54, 1.807) is 0 Å². The molecule has 0 amide bonds. The summed E-state index contributed by atoms with van der Waals surface area (Å²) in [7, 11) is -0.741. The predicted molar refractivity (Wildman–Crippen MR) is 39.5 cm³/mol. The first-order valence-corrected chi connectivity index (χ1v) is 5.02. The zero-order valence-electron chi connectivity index (χ0n) is 5.56. The van der Waals surface area contributed by atoms with E-state index in [4.69, 9.17) is 5.69 Å². The van der Waals surface area contributed by atoms with E-state index < -0.39 is 9.44 Å². The van der Waals surface area contributed by atoms with Crippen LogP contribution in [0.1, 0.15) is 13.8 Å². The molecule has 0 aromatic rings. The van der Waals surface area contributed by atoms with Gasteiger partial charge in [-0.1, -0.05) is 13.8 Å². The molecule has 0 spiro atoms. The Bertz CT molecular complexity index is 125. The summed E-state index contributed by atoms with van der Waals surface area (Å²) in [5.74, 6) is 0. The maximum Gasteiger partial charge on any atom is -0.00824 e. The topological polar surface area (TPSA) is 0 Å². The summed E-state index contributed by atoms with van der Waals surface area (Å²) < 4.78 is 0. The number of hydrogen-bond acceptors (Lipinski definition) is 0. The summed E-state index contributed by atoms with van der Waals surface area (Å²) >= 11 is 0. The molecule has 0 aliphatic rings. The molecule has 7 heavy (non-hydrogen) atoms. The molecule has 0 unspecified atom stereocenters. The van der Waals surface area contributed by atoms with Gasteiger partial charge in [0.2, 0.25) is 0 Å². The molecule has 0 aliphatic heterocycles. The van der Waals surface area contributed by atoms with Gasteiger partial charge in [-0.25, -0.2) is 0 Å². The van der Waals surface area contributed by atoms with Crippen LogP contribution in [0.4, 0.5) is 0 Å². The average Bonchev–Trinajstić information content (AvgIpc) is 1.31. The van der Waals surface area contributed by atoms with Crippen molar-refractivity contribution in [2.24, 2.45) is 0 Å². The third kappa shape index (κ3) is 2.78. The third-order valence-corrected chi connectivity index (χ3v) is 3.64. The molecular formula is C6H14S. The second-order valence-electron chi connectivity index (χ2n) is 2.54. The lowest BCUT2D eigenvalue weighted by Crippen LogP contribution is -1.94. The Morgan fingerprint density at radius 3 is 1.43 bits per heavy atom. The molecule has 0 heterocycles. The van der Waals surface area contributed by atoms with E-state index in [1.807, 2.05) is 0 Å². The van der Waals surface area contributed by atoms with Crippen molar-refractivity contribution >= 4 is 9.44 Å². The molecule has 0 atom stereocenters.